The summed E-state index contributed by atoms with van der Waals surface area (Å²) in [5, 5.41) is 0. The first kappa shape index (κ1) is 15.4. The van der Waals surface area contributed by atoms with Crippen molar-refractivity contribution < 1.29 is 0 Å². The van der Waals surface area contributed by atoms with Gasteiger partial charge in [-0.25, -0.2) is 0 Å². The van der Waals surface area contributed by atoms with Gasteiger partial charge in [0, 0.05) is 19.5 Å². The summed E-state index contributed by atoms with van der Waals surface area (Å²) in [7, 11) is 0. The van der Waals surface area contributed by atoms with Gasteiger partial charge in [0.1, 0.15) is 0 Å². The Morgan fingerprint density at radius 1 is 0.762 bits per heavy atom. The fourth-order valence-corrected chi connectivity index (χ4v) is 2.46. The van der Waals surface area contributed by atoms with Gasteiger partial charge in [-0.2, -0.15) is 0 Å². The Kier molecular flexibility index (Phi) is 6.58. The van der Waals surface area contributed by atoms with Gasteiger partial charge in [0.2, 0.25) is 0 Å². The van der Waals surface area contributed by atoms with Crippen LogP contribution in [0.5, 0.6) is 0 Å². The molecular formula is C20H23N. The number of hydrogen-bond donors (Lipinski definition) is 0. The van der Waals surface area contributed by atoms with Gasteiger partial charge in [-0.1, -0.05) is 60.7 Å². The molecule has 0 unspecified atom stereocenters. The molecule has 0 spiro atoms. The van der Waals surface area contributed by atoms with Crippen molar-refractivity contribution >= 4 is 0 Å². The zero-order valence-corrected chi connectivity index (χ0v) is 12.5. The summed E-state index contributed by atoms with van der Waals surface area (Å²) < 4.78 is 0. The standard InChI is InChI=1S/C20H23N/c1-2-3-4-11-16-21(17-19-12-7-5-8-13-19)18-20-14-9-6-10-15-20/h1,5-10,12-15H,3-4,11,16-18H2. The zero-order valence-electron chi connectivity index (χ0n) is 12.5. The summed E-state index contributed by atoms with van der Waals surface area (Å²) >= 11 is 0. The molecular weight excluding hydrogens is 254 g/mol. The molecule has 0 fully saturated rings. The van der Waals surface area contributed by atoms with Crippen LogP contribution in [0.2, 0.25) is 0 Å². The number of hydrogen-bond acceptors (Lipinski definition) is 1. The van der Waals surface area contributed by atoms with Crippen molar-refractivity contribution in [2.45, 2.75) is 32.4 Å². The molecule has 0 saturated carbocycles. The largest absolute Gasteiger partial charge is 0.295 e. The van der Waals surface area contributed by atoms with E-state index in [1.54, 1.807) is 0 Å². The summed E-state index contributed by atoms with van der Waals surface area (Å²) in [6, 6.07) is 21.3. The molecule has 0 radical (unpaired) electrons. The fourth-order valence-electron chi connectivity index (χ4n) is 2.46. The first-order valence-corrected chi connectivity index (χ1v) is 7.62. The minimum Gasteiger partial charge on any atom is -0.295 e. The third-order valence-corrected chi connectivity index (χ3v) is 3.54. The maximum atomic E-state index is 5.33. The van der Waals surface area contributed by atoms with Gasteiger partial charge in [-0.3, -0.25) is 4.90 Å². The highest BCUT2D eigenvalue weighted by molar-refractivity contribution is 5.17. The third-order valence-electron chi connectivity index (χ3n) is 3.54. The topological polar surface area (TPSA) is 3.24 Å². The number of terminal acetylenes is 1. The van der Waals surface area contributed by atoms with Crippen LogP contribution in [0.1, 0.15) is 30.4 Å². The highest BCUT2D eigenvalue weighted by atomic mass is 15.1. The van der Waals surface area contributed by atoms with E-state index in [0.29, 0.717) is 0 Å². The lowest BCUT2D eigenvalue weighted by Crippen LogP contribution is -2.24. The van der Waals surface area contributed by atoms with E-state index in [2.05, 4.69) is 71.5 Å². The number of rotatable bonds is 8. The molecule has 1 nitrogen and oxygen atoms in total. The van der Waals surface area contributed by atoms with Crippen molar-refractivity contribution in [1.82, 2.24) is 4.90 Å². The predicted molar refractivity (Wildman–Crippen MR) is 89.7 cm³/mol. The van der Waals surface area contributed by atoms with E-state index < -0.39 is 0 Å². The molecule has 0 aromatic heterocycles. The van der Waals surface area contributed by atoms with E-state index in [4.69, 9.17) is 6.42 Å². The SMILES string of the molecule is C#CCCCCN(Cc1ccccc1)Cc1ccccc1. The van der Waals surface area contributed by atoms with Crippen molar-refractivity contribution in [3.8, 4) is 12.3 Å². The van der Waals surface area contributed by atoms with E-state index in [1.165, 1.54) is 11.1 Å². The summed E-state index contributed by atoms with van der Waals surface area (Å²) in [4.78, 5) is 2.50. The monoisotopic (exact) mass is 277 g/mol. The van der Waals surface area contributed by atoms with Gasteiger partial charge < -0.3 is 0 Å². The Balaban J connectivity index is 1.94. The van der Waals surface area contributed by atoms with Crippen LogP contribution in [0.25, 0.3) is 0 Å². The molecule has 1 heteroatoms. The van der Waals surface area contributed by atoms with Crippen LogP contribution in [-0.4, -0.2) is 11.4 Å². The third kappa shape index (κ3) is 5.85. The maximum Gasteiger partial charge on any atom is 0.0237 e. The average molecular weight is 277 g/mol. The molecule has 21 heavy (non-hydrogen) atoms. The summed E-state index contributed by atoms with van der Waals surface area (Å²) in [5.41, 5.74) is 2.73. The molecule has 108 valence electrons. The lowest BCUT2D eigenvalue weighted by Gasteiger charge is -2.22. The Morgan fingerprint density at radius 3 is 1.76 bits per heavy atom. The first-order valence-electron chi connectivity index (χ1n) is 7.62. The van der Waals surface area contributed by atoms with Crippen molar-refractivity contribution in [3.63, 3.8) is 0 Å². The van der Waals surface area contributed by atoms with Crippen LogP contribution >= 0.6 is 0 Å². The highest BCUT2D eigenvalue weighted by Crippen LogP contribution is 2.11. The second-order valence-corrected chi connectivity index (χ2v) is 5.34. The van der Waals surface area contributed by atoms with Gasteiger partial charge in [0.15, 0.2) is 0 Å². The quantitative estimate of drug-likeness (QED) is 0.507. The minimum atomic E-state index is 0.879. The molecule has 0 bridgehead atoms. The smallest absolute Gasteiger partial charge is 0.0237 e. The Morgan fingerprint density at radius 2 is 1.29 bits per heavy atom. The molecule has 0 aliphatic rings. The lowest BCUT2D eigenvalue weighted by atomic mass is 10.1. The van der Waals surface area contributed by atoms with Crippen LogP contribution in [-0.2, 0) is 13.1 Å². The molecule has 0 saturated heterocycles. The van der Waals surface area contributed by atoms with Crippen LogP contribution in [0.3, 0.4) is 0 Å². The summed E-state index contributed by atoms with van der Waals surface area (Å²) in [6.07, 6.45) is 8.47. The number of nitrogens with zero attached hydrogens (tertiary/aromatic N) is 1. The van der Waals surface area contributed by atoms with Gasteiger partial charge in [-0.15, -0.1) is 12.3 Å². The van der Waals surface area contributed by atoms with Crippen LogP contribution in [0.15, 0.2) is 60.7 Å². The fraction of sp³-hybridized carbons (Fsp3) is 0.300. The molecule has 0 N–H and O–H groups in total. The van der Waals surface area contributed by atoms with Gasteiger partial charge in [0.05, 0.1) is 0 Å². The number of benzene rings is 2. The Bertz CT molecular complexity index is 498. The van der Waals surface area contributed by atoms with Crippen LogP contribution in [0, 0.1) is 12.3 Å². The summed E-state index contributed by atoms with van der Waals surface area (Å²) in [6.45, 7) is 3.07. The molecule has 0 aliphatic heterocycles. The highest BCUT2D eigenvalue weighted by Gasteiger charge is 2.06. The Labute approximate surface area is 128 Å². The van der Waals surface area contributed by atoms with Crippen molar-refractivity contribution in [2.75, 3.05) is 6.54 Å². The molecule has 0 amide bonds. The van der Waals surface area contributed by atoms with E-state index in [-0.39, 0.29) is 0 Å². The first-order chi connectivity index (χ1) is 10.4. The predicted octanol–water partition coefficient (Wildman–Crippen LogP) is 4.49. The normalized spacial score (nSPS) is 10.5. The molecule has 2 aromatic rings. The van der Waals surface area contributed by atoms with Gasteiger partial charge in [-0.05, 0) is 30.5 Å². The van der Waals surface area contributed by atoms with E-state index in [0.717, 1.165) is 38.9 Å². The van der Waals surface area contributed by atoms with Gasteiger partial charge >= 0.3 is 0 Å². The van der Waals surface area contributed by atoms with Crippen molar-refractivity contribution in [2.24, 2.45) is 0 Å². The van der Waals surface area contributed by atoms with Crippen molar-refractivity contribution in [3.05, 3.63) is 71.8 Å². The molecule has 0 atom stereocenters. The molecule has 0 heterocycles. The Hall–Kier alpha value is -2.04. The van der Waals surface area contributed by atoms with E-state index in [1.807, 2.05) is 0 Å². The average Bonchev–Trinajstić information content (AvgIpc) is 2.53. The molecule has 2 aromatic carbocycles. The lowest BCUT2D eigenvalue weighted by molar-refractivity contribution is 0.251. The van der Waals surface area contributed by atoms with E-state index >= 15 is 0 Å². The summed E-state index contributed by atoms with van der Waals surface area (Å²) in [5.74, 6) is 2.72. The van der Waals surface area contributed by atoms with Crippen LogP contribution in [0.4, 0.5) is 0 Å². The van der Waals surface area contributed by atoms with Crippen molar-refractivity contribution in [1.29, 1.82) is 0 Å². The molecule has 2 rings (SSSR count). The maximum absolute atomic E-state index is 5.33. The number of unbranched alkanes of at least 4 members (excludes halogenated alkanes) is 2. The minimum absolute atomic E-state index is 0.879. The second-order valence-electron chi connectivity index (χ2n) is 5.34. The molecule has 0 aliphatic carbocycles. The van der Waals surface area contributed by atoms with Gasteiger partial charge in [0.25, 0.3) is 0 Å². The zero-order chi connectivity index (χ0) is 14.8. The van der Waals surface area contributed by atoms with Crippen LogP contribution < -0.4 is 0 Å². The van der Waals surface area contributed by atoms with E-state index in [9.17, 15) is 0 Å². The second kappa shape index (κ2) is 9.00.